The molecule has 4 heteroatoms. The van der Waals surface area contributed by atoms with Crippen molar-refractivity contribution in [3.05, 3.63) is 59.8 Å². The van der Waals surface area contributed by atoms with Crippen molar-refractivity contribution in [2.75, 3.05) is 12.4 Å². The van der Waals surface area contributed by atoms with Gasteiger partial charge in [-0.1, -0.05) is 17.7 Å². The van der Waals surface area contributed by atoms with Crippen molar-refractivity contribution in [1.82, 2.24) is 4.98 Å². The Bertz CT molecular complexity index is 758. The Hall–Kier alpha value is -2.26. The number of fused-ring (bicyclic) bond motifs is 1. The van der Waals surface area contributed by atoms with Gasteiger partial charge in [0.2, 0.25) is 0 Å². The van der Waals surface area contributed by atoms with Gasteiger partial charge in [-0.05, 0) is 36.4 Å². The van der Waals surface area contributed by atoms with E-state index in [2.05, 4.69) is 10.3 Å². The summed E-state index contributed by atoms with van der Waals surface area (Å²) in [5, 5.41) is 5.10. The van der Waals surface area contributed by atoms with Gasteiger partial charge in [-0.3, -0.25) is 4.98 Å². The van der Waals surface area contributed by atoms with Crippen LogP contribution < -0.4 is 10.1 Å². The summed E-state index contributed by atoms with van der Waals surface area (Å²) in [6.07, 6.45) is 1.77. The van der Waals surface area contributed by atoms with Gasteiger partial charge in [-0.25, -0.2) is 0 Å². The fourth-order valence-corrected chi connectivity index (χ4v) is 2.28. The number of aromatic nitrogens is 1. The lowest BCUT2D eigenvalue weighted by molar-refractivity contribution is 0.415. The lowest BCUT2D eigenvalue weighted by Gasteiger charge is -2.10. The number of anilines is 2. The van der Waals surface area contributed by atoms with Crippen molar-refractivity contribution in [1.29, 1.82) is 0 Å². The molecular weight excluding hydrogens is 272 g/mol. The summed E-state index contributed by atoms with van der Waals surface area (Å²) in [4.78, 5) is 4.36. The van der Waals surface area contributed by atoms with Crippen LogP contribution in [0.5, 0.6) is 5.75 Å². The molecule has 20 heavy (non-hydrogen) atoms. The lowest BCUT2D eigenvalue weighted by Crippen LogP contribution is -1.93. The molecule has 1 heterocycles. The molecule has 0 atom stereocenters. The second kappa shape index (κ2) is 5.39. The summed E-state index contributed by atoms with van der Waals surface area (Å²) in [7, 11) is 1.65. The molecule has 0 saturated carbocycles. The highest BCUT2D eigenvalue weighted by Gasteiger charge is 2.04. The lowest BCUT2D eigenvalue weighted by atomic mass is 10.1. The van der Waals surface area contributed by atoms with Crippen molar-refractivity contribution < 1.29 is 4.74 Å². The van der Waals surface area contributed by atoms with E-state index in [0.717, 1.165) is 28.0 Å². The minimum atomic E-state index is 0.704. The van der Waals surface area contributed by atoms with Crippen LogP contribution in [0.25, 0.3) is 10.9 Å². The van der Waals surface area contributed by atoms with Crippen LogP contribution in [0, 0.1) is 0 Å². The van der Waals surface area contributed by atoms with Crippen molar-refractivity contribution in [3.63, 3.8) is 0 Å². The molecule has 0 fully saturated rings. The van der Waals surface area contributed by atoms with E-state index in [4.69, 9.17) is 16.3 Å². The topological polar surface area (TPSA) is 34.1 Å². The third-order valence-corrected chi connectivity index (χ3v) is 3.29. The van der Waals surface area contributed by atoms with Gasteiger partial charge in [0, 0.05) is 34.0 Å². The highest BCUT2D eigenvalue weighted by molar-refractivity contribution is 6.30. The average Bonchev–Trinajstić information content (AvgIpc) is 2.47. The number of hydrogen-bond acceptors (Lipinski definition) is 3. The molecule has 0 unspecified atom stereocenters. The Balaban J connectivity index is 2.03. The van der Waals surface area contributed by atoms with Gasteiger partial charge in [0.15, 0.2) is 0 Å². The van der Waals surface area contributed by atoms with Gasteiger partial charge in [0.05, 0.1) is 12.6 Å². The summed E-state index contributed by atoms with van der Waals surface area (Å²) >= 11 is 6.00. The minimum absolute atomic E-state index is 0.704. The van der Waals surface area contributed by atoms with Crippen molar-refractivity contribution in [3.8, 4) is 5.75 Å². The molecule has 0 saturated heterocycles. The quantitative estimate of drug-likeness (QED) is 0.761. The molecule has 0 amide bonds. The third-order valence-electron chi connectivity index (χ3n) is 3.05. The maximum atomic E-state index is 6.00. The number of rotatable bonds is 3. The van der Waals surface area contributed by atoms with Crippen LogP contribution in [0.2, 0.25) is 5.02 Å². The molecule has 3 aromatic rings. The molecule has 1 aromatic heterocycles. The summed E-state index contributed by atoms with van der Waals surface area (Å²) in [6, 6.07) is 15.4. The zero-order valence-electron chi connectivity index (χ0n) is 10.9. The number of nitrogens with one attached hydrogen (secondary N) is 1. The molecule has 0 spiro atoms. The third kappa shape index (κ3) is 2.53. The highest BCUT2D eigenvalue weighted by Crippen LogP contribution is 2.28. The summed E-state index contributed by atoms with van der Waals surface area (Å²) in [6.45, 7) is 0. The standard InChI is InChI=1S/C16H13ClN2O/c1-20-13-5-6-14-15(7-8-18-16(14)10-13)19-12-4-2-3-11(17)9-12/h2-10H,1H3,(H,18,19). The maximum Gasteiger partial charge on any atom is 0.121 e. The number of pyridine rings is 1. The maximum absolute atomic E-state index is 6.00. The van der Waals surface area contributed by atoms with Crippen molar-refractivity contribution >= 4 is 33.9 Å². The number of ether oxygens (including phenoxy) is 1. The number of benzene rings is 2. The predicted molar refractivity (Wildman–Crippen MR) is 83.0 cm³/mol. The Kier molecular flexibility index (Phi) is 3.44. The van der Waals surface area contributed by atoms with Crippen molar-refractivity contribution in [2.24, 2.45) is 0 Å². The van der Waals surface area contributed by atoms with Gasteiger partial charge in [0.1, 0.15) is 5.75 Å². The average molecular weight is 285 g/mol. The fraction of sp³-hybridized carbons (Fsp3) is 0.0625. The monoisotopic (exact) mass is 284 g/mol. The van der Waals surface area contributed by atoms with Gasteiger partial charge >= 0.3 is 0 Å². The number of halogens is 1. The van der Waals surface area contributed by atoms with Crippen LogP contribution in [-0.2, 0) is 0 Å². The minimum Gasteiger partial charge on any atom is -0.497 e. The molecule has 3 rings (SSSR count). The van der Waals surface area contributed by atoms with E-state index in [1.54, 1.807) is 13.3 Å². The molecule has 2 aromatic carbocycles. The van der Waals surface area contributed by atoms with Crippen LogP contribution in [0.4, 0.5) is 11.4 Å². The summed E-state index contributed by atoms with van der Waals surface area (Å²) in [5.41, 5.74) is 2.82. The first-order valence-corrected chi connectivity index (χ1v) is 6.59. The first kappa shape index (κ1) is 12.8. The normalized spacial score (nSPS) is 10.5. The molecular formula is C16H13ClN2O. The first-order chi connectivity index (χ1) is 9.76. The molecule has 0 radical (unpaired) electrons. The van der Waals surface area contributed by atoms with Crippen LogP contribution in [0.15, 0.2) is 54.7 Å². The Labute approximate surface area is 122 Å². The molecule has 3 nitrogen and oxygen atoms in total. The zero-order chi connectivity index (χ0) is 13.9. The SMILES string of the molecule is COc1ccc2c(Nc3cccc(Cl)c3)ccnc2c1. The number of hydrogen-bond donors (Lipinski definition) is 1. The van der Waals surface area contributed by atoms with Gasteiger partial charge < -0.3 is 10.1 Å². The van der Waals surface area contributed by atoms with Crippen LogP contribution >= 0.6 is 11.6 Å². The second-order valence-electron chi connectivity index (χ2n) is 4.38. The Morgan fingerprint density at radius 3 is 2.80 bits per heavy atom. The predicted octanol–water partition coefficient (Wildman–Crippen LogP) is 4.64. The van der Waals surface area contributed by atoms with E-state index in [-0.39, 0.29) is 0 Å². The largest absolute Gasteiger partial charge is 0.497 e. The van der Waals surface area contributed by atoms with E-state index < -0.39 is 0 Å². The molecule has 100 valence electrons. The molecule has 1 N–H and O–H groups in total. The fourth-order valence-electron chi connectivity index (χ4n) is 2.09. The molecule has 0 bridgehead atoms. The van der Waals surface area contributed by atoms with E-state index in [1.165, 1.54) is 0 Å². The number of nitrogens with zero attached hydrogens (tertiary/aromatic N) is 1. The smallest absolute Gasteiger partial charge is 0.121 e. The van der Waals surface area contributed by atoms with Gasteiger partial charge in [-0.2, -0.15) is 0 Å². The van der Waals surface area contributed by atoms with Crippen LogP contribution in [-0.4, -0.2) is 12.1 Å². The molecule has 0 aliphatic carbocycles. The summed E-state index contributed by atoms with van der Waals surface area (Å²) < 4.78 is 5.22. The van der Waals surface area contributed by atoms with E-state index in [9.17, 15) is 0 Å². The molecule has 0 aliphatic heterocycles. The van der Waals surface area contributed by atoms with Crippen LogP contribution in [0.1, 0.15) is 0 Å². The first-order valence-electron chi connectivity index (χ1n) is 6.21. The van der Waals surface area contributed by atoms with Crippen molar-refractivity contribution in [2.45, 2.75) is 0 Å². The highest BCUT2D eigenvalue weighted by atomic mass is 35.5. The van der Waals surface area contributed by atoms with E-state index in [1.807, 2.05) is 48.5 Å². The van der Waals surface area contributed by atoms with Gasteiger partial charge in [-0.15, -0.1) is 0 Å². The summed E-state index contributed by atoms with van der Waals surface area (Å²) in [5.74, 6) is 0.796. The zero-order valence-corrected chi connectivity index (χ0v) is 11.7. The van der Waals surface area contributed by atoms with E-state index in [0.29, 0.717) is 5.02 Å². The van der Waals surface area contributed by atoms with E-state index >= 15 is 0 Å². The Morgan fingerprint density at radius 1 is 1.10 bits per heavy atom. The second-order valence-corrected chi connectivity index (χ2v) is 4.81. The molecule has 0 aliphatic rings. The number of methoxy groups -OCH3 is 1. The van der Waals surface area contributed by atoms with Crippen LogP contribution in [0.3, 0.4) is 0 Å². The Morgan fingerprint density at radius 2 is 2.00 bits per heavy atom. The van der Waals surface area contributed by atoms with Gasteiger partial charge in [0.25, 0.3) is 0 Å².